The van der Waals surface area contributed by atoms with Gasteiger partial charge in [0.05, 0.1) is 18.8 Å². The minimum absolute atomic E-state index is 0.0198. The molecule has 2 aromatic heterocycles. The topological polar surface area (TPSA) is 73.1 Å². The van der Waals surface area contributed by atoms with E-state index in [9.17, 15) is 5.11 Å². The average Bonchev–Trinajstić information content (AvgIpc) is 3.14. The first kappa shape index (κ1) is 17.7. The van der Waals surface area contributed by atoms with Crippen molar-refractivity contribution in [3.05, 3.63) is 60.7 Å². The monoisotopic (exact) mass is 364 g/mol. The second-order valence-electron chi connectivity index (χ2n) is 6.86. The highest BCUT2D eigenvalue weighted by molar-refractivity contribution is 5.53. The van der Waals surface area contributed by atoms with Gasteiger partial charge >= 0.3 is 0 Å². The van der Waals surface area contributed by atoms with Gasteiger partial charge in [-0.05, 0) is 37.1 Å². The summed E-state index contributed by atoms with van der Waals surface area (Å²) in [6, 6.07) is 13.6. The number of para-hydroxylation sites is 1. The second kappa shape index (κ2) is 8.31. The molecule has 1 aliphatic rings. The lowest BCUT2D eigenvalue weighted by molar-refractivity contribution is 0.0674. The van der Waals surface area contributed by atoms with Gasteiger partial charge in [0.25, 0.3) is 0 Å². The normalized spacial score (nSPS) is 19.7. The van der Waals surface area contributed by atoms with Gasteiger partial charge in [0.1, 0.15) is 11.6 Å². The first-order valence-corrected chi connectivity index (χ1v) is 9.53. The number of hydrogen-bond donors (Lipinski definition) is 1. The Labute approximate surface area is 158 Å². The molecule has 1 aliphatic carbocycles. The molecule has 0 amide bonds. The van der Waals surface area contributed by atoms with E-state index in [4.69, 9.17) is 14.8 Å². The van der Waals surface area contributed by atoms with Crippen LogP contribution in [0.5, 0.6) is 5.75 Å². The van der Waals surface area contributed by atoms with Crippen LogP contribution < -0.4 is 4.74 Å². The minimum Gasteiger partial charge on any atom is -0.493 e. The lowest BCUT2D eigenvalue weighted by atomic mass is 9.92. The summed E-state index contributed by atoms with van der Waals surface area (Å²) in [5, 5.41) is 15.2. The van der Waals surface area contributed by atoms with Crippen molar-refractivity contribution >= 4 is 0 Å². The van der Waals surface area contributed by atoms with Gasteiger partial charge in [-0.25, -0.2) is 9.67 Å². The van der Waals surface area contributed by atoms with E-state index in [1.54, 1.807) is 12.4 Å². The van der Waals surface area contributed by atoms with Crippen LogP contribution in [0.3, 0.4) is 0 Å². The van der Waals surface area contributed by atoms with Crippen LogP contribution in [0.25, 0.3) is 11.4 Å². The molecule has 6 heteroatoms. The highest BCUT2D eigenvalue weighted by Crippen LogP contribution is 2.30. The first-order valence-electron chi connectivity index (χ1n) is 9.53. The van der Waals surface area contributed by atoms with Crippen molar-refractivity contribution in [2.45, 2.75) is 44.2 Å². The lowest BCUT2D eigenvalue weighted by Gasteiger charge is -2.28. The van der Waals surface area contributed by atoms with Crippen LogP contribution >= 0.6 is 0 Å². The SMILES string of the molecule is O[C@@H]1CCCC[C@H]1n1nc(-c2ccncc2)nc1CCOc1ccccc1. The highest BCUT2D eigenvalue weighted by Gasteiger charge is 2.28. The van der Waals surface area contributed by atoms with Gasteiger partial charge in [0.2, 0.25) is 0 Å². The third-order valence-corrected chi connectivity index (χ3v) is 4.99. The molecule has 140 valence electrons. The standard InChI is InChI=1S/C21H24N4O2/c26-19-9-5-4-8-18(19)25-20(12-15-27-17-6-2-1-3-7-17)23-21(24-25)16-10-13-22-14-11-16/h1-3,6-7,10-11,13-14,18-19,26H,4-5,8-9,12,15H2/t18-,19-/m1/s1. The molecular formula is C21H24N4O2. The van der Waals surface area contributed by atoms with Crippen LogP contribution in [0, 0.1) is 0 Å². The Bertz CT molecular complexity index is 851. The van der Waals surface area contributed by atoms with Crippen molar-refractivity contribution in [3.63, 3.8) is 0 Å². The van der Waals surface area contributed by atoms with Crippen LogP contribution in [0.2, 0.25) is 0 Å². The fourth-order valence-electron chi connectivity index (χ4n) is 3.57. The zero-order chi connectivity index (χ0) is 18.5. The van der Waals surface area contributed by atoms with Gasteiger partial charge in [0.15, 0.2) is 5.82 Å². The Morgan fingerprint density at radius 1 is 1.04 bits per heavy atom. The third-order valence-electron chi connectivity index (χ3n) is 4.99. The Balaban J connectivity index is 1.56. The van der Waals surface area contributed by atoms with Crippen molar-refractivity contribution < 1.29 is 9.84 Å². The van der Waals surface area contributed by atoms with Crippen molar-refractivity contribution in [2.75, 3.05) is 6.61 Å². The molecule has 0 saturated heterocycles. The number of hydrogen-bond acceptors (Lipinski definition) is 5. The number of rotatable bonds is 6. The van der Waals surface area contributed by atoms with E-state index in [0.717, 1.165) is 42.8 Å². The van der Waals surface area contributed by atoms with Gasteiger partial charge in [-0.2, -0.15) is 5.10 Å². The van der Waals surface area contributed by atoms with Crippen molar-refractivity contribution in [2.24, 2.45) is 0 Å². The van der Waals surface area contributed by atoms with E-state index < -0.39 is 0 Å². The molecule has 3 aromatic rings. The Hall–Kier alpha value is -2.73. The molecule has 0 unspecified atom stereocenters. The molecular weight excluding hydrogens is 340 g/mol. The predicted molar refractivity (Wildman–Crippen MR) is 102 cm³/mol. The first-order chi connectivity index (χ1) is 13.3. The van der Waals surface area contributed by atoms with Crippen LogP contribution in [-0.4, -0.2) is 37.6 Å². The maximum Gasteiger partial charge on any atom is 0.181 e. The average molecular weight is 364 g/mol. The van der Waals surface area contributed by atoms with Crippen LogP contribution in [0.4, 0.5) is 0 Å². The molecule has 4 rings (SSSR count). The number of aliphatic hydroxyl groups is 1. The summed E-state index contributed by atoms with van der Waals surface area (Å²) in [4.78, 5) is 8.82. The summed E-state index contributed by atoms with van der Waals surface area (Å²) < 4.78 is 7.77. The number of pyridine rings is 1. The minimum atomic E-state index is -0.375. The van der Waals surface area contributed by atoms with Gasteiger partial charge in [-0.3, -0.25) is 4.98 Å². The molecule has 1 fully saturated rings. The largest absolute Gasteiger partial charge is 0.493 e. The number of benzene rings is 1. The van der Waals surface area contributed by atoms with Gasteiger partial charge < -0.3 is 9.84 Å². The maximum atomic E-state index is 10.5. The van der Waals surface area contributed by atoms with Crippen molar-refractivity contribution in [1.29, 1.82) is 0 Å². The maximum absolute atomic E-state index is 10.5. The van der Waals surface area contributed by atoms with Crippen LogP contribution in [-0.2, 0) is 6.42 Å². The molecule has 1 saturated carbocycles. The smallest absolute Gasteiger partial charge is 0.181 e. The summed E-state index contributed by atoms with van der Waals surface area (Å²) in [6.45, 7) is 0.515. The van der Waals surface area contributed by atoms with Crippen LogP contribution in [0.15, 0.2) is 54.9 Å². The van der Waals surface area contributed by atoms with E-state index in [2.05, 4.69) is 4.98 Å². The summed E-state index contributed by atoms with van der Waals surface area (Å²) in [6.07, 6.45) is 7.65. The van der Waals surface area contributed by atoms with E-state index in [-0.39, 0.29) is 12.1 Å². The fourth-order valence-corrected chi connectivity index (χ4v) is 3.57. The molecule has 0 spiro atoms. The molecule has 0 radical (unpaired) electrons. The van der Waals surface area contributed by atoms with Crippen molar-refractivity contribution in [3.8, 4) is 17.1 Å². The number of ether oxygens (including phenoxy) is 1. The van der Waals surface area contributed by atoms with E-state index in [0.29, 0.717) is 18.9 Å². The summed E-state index contributed by atoms with van der Waals surface area (Å²) in [7, 11) is 0. The van der Waals surface area contributed by atoms with Gasteiger partial charge in [-0.15, -0.1) is 0 Å². The Kier molecular flexibility index (Phi) is 5.44. The molecule has 2 heterocycles. The summed E-state index contributed by atoms with van der Waals surface area (Å²) in [5.41, 5.74) is 0.930. The molecule has 0 aliphatic heterocycles. The second-order valence-corrected chi connectivity index (χ2v) is 6.86. The van der Waals surface area contributed by atoms with E-state index in [1.165, 1.54) is 0 Å². The molecule has 27 heavy (non-hydrogen) atoms. The molecule has 6 nitrogen and oxygen atoms in total. The highest BCUT2D eigenvalue weighted by atomic mass is 16.5. The van der Waals surface area contributed by atoms with E-state index >= 15 is 0 Å². The number of nitrogens with zero attached hydrogens (tertiary/aromatic N) is 4. The number of aromatic nitrogens is 4. The molecule has 1 aromatic carbocycles. The van der Waals surface area contributed by atoms with Gasteiger partial charge in [-0.1, -0.05) is 31.0 Å². The van der Waals surface area contributed by atoms with E-state index in [1.807, 2.05) is 47.1 Å². The zero-order valence-corrected chi connectivity index (χ0v) is 15.2. The number of aliphatic hydroxyl groups excluding tert-OH is 1. The Morgan fingerprint density at radius 2 is 1.81 bits per heavy atom. The zero-order valence-electron chi connectivity index (χ0n) is 15.2. The quantitative estimate of drug-likeness (QED) is 0.725. The third kappa shape index (κ3) is 4.17. The lowest BCUT2D eigenvalue weighted by Crippen LogP contribution is -2.30. The van der Waals surface area contributed by atoms with Gasteiger partial charge in [0, 0.05) is 24.4 Å². The Morgan fingerprint density at radius 3 is 2.59 bits per heavy atom. The molecule has 1 N–H and O–H groups in total. The fraction of sp³-hybridized carbons (Fsp3) is 0.381. The summed E-state index contributed by atoms with van der Waals surface area (Å²) in [5.74, 6) is 2.37. The van der Waals surface area contributed by atoms with Crippen LogP contribution in [0.1, 0.15) is 37.5 Å². The molecule has 2 atom stereocenters. The summed E-state index contributed by atoms with van der Waals surface area (Å²) >= 11 is 0. The van der Waals surface area contributed by atoms with Crippen molar-refractivity contribution in [1.82, 2.24) is 19.7 Å². The molecule has 0 bridgehead atoms. The predicted octanol–water partition coefficient (Wildman–Crippen LogP) is 3.44.